The van der Waals surface area contributed by atoms with E-state index in [1.54, 1.807) is 12.1 Å². The minimum atomic E-state index is -4.47. The second-order valence-electron chi connectivity index (χ2n) is 7.97. The molecule has 182 valence electrons. The van der Waals surface area contributed by atoms with Crippen LogP contribution in [-0.2, 0) is 12.9 Å². The lowest BCUT2D eigenvalue weighted by Gasteiger charge is -2.12. The molecule has 4 rings (SSSR count). The van der Waals surface area contributed by atoms with Crippen molar-refractivity contribution in [2.75, 3.05) is 17.2 Å². The molecule has 0 saturated carbocycles. The normalized spacial score (nSPS) is 12.5. The average Bonchev–Trinajstić information content (AvgIpc) is 2.86. The quantitative estimate of drug-likeness (QED) is 0.312. The molecule has 2 N–H and O–H groups in total. The lowest BCUT2D eigenvalue weighted by atomic mass is 10.1. The zero-order valence-electron chi connectivity index (χ0n) is 18.9. The minimum absolute atomic E-state index is 0.197. The molecule has 0 fully saturated rings. The summed E-state index contributed by atoms with van der Waals surface area (Å²) < 4.78 is 52.1. The van der Waals surface area contributed by atoms with Crippen LogP contribution in [0.15, 0.2) is 42.9 Å². The third-order valence-corrected chi connectivity index (χ3v) is 5.39. The van der Waals surface area contributed by atoms with Crippen molar-refractivity contribution in [2.24, 2.45) is 5.92 Å². The first kappa shape index (κ1) is 24.2. The van der Waals surface area contributed by atoms with Gasteiger partial charge in [0, 0.05) is 24.5 Å². The molecule has 1 unspecified atom stereocenters. The van der Waals surface area contributed by atoms with Gasteiger partial charge in [-0.25, -0.2) is 24.3 Å². The highest BCUT2D eigenvalue weighted by Crippen LogP contribution is 2.30. The Hall–Kier alpha value is -3.96. The van der Waals surface area contributed by atoms with Gasteiger partial charge in [-0.15, -0.1) is 10.2 Å². The van der Waals surface area contributed by atoms with E-state index < -0.39 is 18.4 Å². The zero-order valence-corrected chi connectivity index (χ0v) is 18.9. The molecule has 12 heteroatoms. The van der Waals surface area contributed by atoms with Gasteiger partial charge < -0.3 is 10.6 Å². The Labute approximate surface area is 198 Å². The SMILES string of the molecule is CCC(C)CNc1cc(CF)c(-c2cnc3c(Nc4ccc(C(F)(F)F)cn4)ccnc3n2)nn1. The number of hydrogen-bond acceptors (Lipinski definition) is 8. The molecule has 4 aromatic rings. The van der Waals surface area contributed by atoms with Crippen LogP contribution in [0.25, 0.3) is 22.6 Å². The van der Waals surface area contributed by atoms with Gasteiger partial charge in [0.15, 0.2) is 5.65 Å². The predicted molar refractivity (Wildman–Crippen MR) is 124 cm³/mol. The molecule has 8 nitrogen and oxygen atoms in total. The first-order valence-electron chi connectivity index (χ1n) is 10.9. The third-order valence-electron chi connectivity index (χ3n) is 5.39. The van der Waals surface area contributed by atoms with Gasteiger partial charge in [0.05, 0.1) is 17.4 Å². The molecule has 0 aliphatic carbocycles. The maximum Gasteiger partial charge on any atom is 0.417 e. The summed E-state index contributed by atoms with van der Waals surface area (Å²) in [5.41, 5.74) is 1.05. The number of nitrogens with zero attached hydrogens (tertiary/aromatic N) is 6. The molecule has 0 radical (unpaired) electrons. The van der Waals surface area contributed by atoms with Gasteiger partial charge in [0.25, 0.3) is 0 Å². The Morgan fingerprint density at radius 1 is 1.00 bits per heavy atom. The van der Waals surface area contributed by atoms with E-state index in [0.29, 0.717) is 40.7 Å². The van der Waals surface area contributed by atoms with Crippen LogP contribution in [0.5, 0.6) is 0 Å². The number of halogens is 4. The van der Waals surface area contributed by atoms with Crippen molar-refractivity contribution in [3.63, 3.8) is 0 Å². The Balaban J connectivity index is 1.60. The summed E-state index contributed by atoms with van der Waals surface area (Å²) in [6.07, 6.45) is 0.163. The fourth-order valence-corrected chi connectivity index (χ4v) is 3.17. The van der Waals surface area contributed by atoms with E-state index in [1.807, 2.05) is 0 Å². The summed E-state index contributed by atoms with van der Waals surface area (Å²) in [6, 6.07) is 5.34. The highest BCUT2D eigenvalue weighted by atomic mass is 19.4. The lowest BCUT2D eigenvalue weighted by molar-refractivity contribution is -0.137. The van der Waals surface area contributed by atoms with Crippen molar-refractivity contribution >= 4 is 28.5 Å². The number of rotatable bonds is 8. The molecule has 0 amide bonds. The van der Waals surface area contributed by atoms with Gasteiger partial charge in [-0.1, -0.05) is 20.3 Å². The molecule has 4 aromatic heterocycles. The van der Waals surface area contributed by atoms with Gasteiger partial charge >= 0.3 is 6.18 Å². The molecule has 35 heavy (non-hydrogen) atoms. The van der Waals surface area contributed by atoms with Crippen LogP contribution in [0.3, 0.4) is 0 Å². The van der Waals surface area contributed by atoms with Crippen LogP contribution in [0, 0.1) is 5.92 Å². The summed E-state index contributed by atoms with van der Waals surface area (Å²) in [6.45, 7) is 4.11. The number of fused-ring (bicyclic) bond motifs is 1. The summed E-state index contributed by atoms with van der Waals surface area (Å²) in [4.78, 5) is 16.8. The van der Waals surface area contributed by atoms with Crippen molar-refractivity contribution in [1.29, 1.82) is 0 Å². The Morgan fingerprint density at radius 2 is 1.83 bits per heavy atom. The number of aromatic nitrogens is 6. The molecule has 0 aliphatic rings. The van der Waals surface area contributed by atoms with Crippen molar-refractivity contribution in [2.45, 2.75) is 33.1 Å². The Bertz CT molecular complexity index is 1310. The summed E-state index contributed by atoms with van der Waals surface area (Å²) in [5, 5.41) is 14.4. The van der Waals surface area contributed by atoms with Gasteiger partial charge in [0.2, 0.25) is 0 Å². The van der Waals surface area contributed by atoms with E-state index in [1.165, 1.54) is 18.5 Å². The van der Waals surface area contributed by atoms with E-state index in [0.717, 1.165) is 18.7 Å². The molecule has 1 atom stereocenters. The van der Waals surface area contributed by atoms with Crippen LogP contribution >= 0.6 is 0 Å². The fraction of sp³-hybridized carbons (Fsp3) is 0.304. The lowest BCUT2D eigenvalue weighted by Crippen LogP contribution is -2.12. The second-order valence-corrected chi connectivity index (χ2v) is 7.97. The molecule has 0 aromatic carbocycles. The van der Waals surface area contributed by atoms with Crippen LogP contribution in [-0.4, -0.2) is 36.7 Å². The first-order valence-corrected chi connectivity index (χ1v) is 10.9. The average molecular weight is 486 g/mol. The van der Waals surface area contributed by atoms with Gasteiger partial charge in [-0.05, 0) is 30.2 Å². The standard InChI is InChI=1S/C23H22F4N8/c1-3-13(2)10-29-19-8-14(9-24)20(35-34-19)17-12-31-21-16(6-7-28-22(21)33-17)32-18-5-4-15(11-30-18)23(25,26)27/h4-8,11-13H,3,9-10H2,1-2H3,(H,29,34)(H,28,30,32,33). The van der Waals surface area contributed by atoms with Crippen LogP contribution in [0.2, 0.25) is 0 Å². The summed E-state index contributed by atoms with van der Waals surface area (Å²) in [7, 11) is 0. The van der Waals surface area contributed by atoms with Crippen molar-refractivity contribution in [3.8, 4) is 11.4 Å². The summed E-state index contributed by atoms with van der Waals surface area (Å²) in [5.74, 6) is 1.11. The number of anilines is 3. The monoisotopic (exact) mass is 486 g/mol. The topological polar surface area (TPSA) is 101 Å². The molecular weight excluding hydrogens is 464 g/mol. The van der Waals surface area contributed by atoms with Crippen molar-refractivity contribution in [1.82, 2.24) is 30.1 Å². The van der Waals surface area contributed by atoms with E-state index in [-0.39, 0.29) is 17.2 Å². The Morgan fingerprint density at radius 3 is 2.51 bits per heavy atom. The molecule has 0 spiro atoms. The second kappa shape index (κ2) is 10.1. The van der Waals surface area contributed by atoms with Crippen LogP contribution in [0.4, 0.5) is 34.9 Å². The highest BCUT2D eigenvalue weighted by Gasteiger charge is 2.30. The molecule has 0 aliphatic heterocycles. The van der Waals surface area contributed by atoms with E-state index in [2.05, 4.69) is 54.6 Å². The van der Waals surface area contributed by atoms with Gasteiger partial charge in [0.1, 0.15) is 35.2 Å². The maximum absolute atomic E-state index is 13.8. The van der Waals surface area contributed by atoms with E-state index >= 15 is 0 Å². The largest absolute Gasteiger partial charge is 0.417 e. The predicted octanol–water partition coefficient (Wildman–Crippen LogP) is 5.57. The molecular formula is C23H22F4N8. The smallest absolute Gasteiger partial charge is 0.368 e. The summed E-state index contributed by atoms with van der Waals surface area (Å²) >= 11 is 0. The number of pyridine rings is 2. The number of nitrogens with one attached hydrogen (secondary N) is 2. The zero-order chi connectivity index (χ0) is 25.0. The van der Waals surface area contributed by atoms with Crippen LogP contribution in [0.1, 0.15) is 31.4 Å². The molecule has 4 heterocycles. The highest BCUT2D eigenvalue weighted by molar-refractivity contribution is 5.87. The van der Waals surface area contributed by atoms with Gasteiger partial charge in [-0.3, -0.25) is 0 Å². The fourth-order valence-electron chi connectivity index (χ4n) is 3.17. The van der Waals surface area contributed by atoms with Crippen molar-refractivity contribution in [3.05, 3.63) is 54.0 Å². The van der Waals surface area contributed by atoms with E-state index in [4.69, 9.17) is 0 Å². The minimum Gasteiger partial charge on any atom is -0.368 e. The first-order chi connectivity index (χ1) is 16.8. The third kappa shape index (κ3) is 5.58. The molecule has 0 bridgehead atoms. The Kier molecular flexibility index (Phi) is 6.99. The number of hydrogen-bond donors (Lipinski definition) is 2. The van der Waals surface area contributed by atoms with Crippen molar-refractivity contribution < 1.29 is 17.6 Å². The van der Waals surface area contributed by atoms with Crippen LogP contribution < -0.4 is 10.6 Å². The molecule has 0 saturated heterocycles. The number of alkyl halides is 4. The van der Waals surface area contributed by atoms with Gasteiger partial charge in [-0.2, -0.15) is 13.2 Å². The maximum atomic E-state index is 13.8. The van der Waals surface area contributed by atoms with E-state index in [9.17, 15) is 17.6 Å².